The van der Waals surface area contributed by atoms with Crippen LogP contribution >= 0.6 is 0 Å². The molecule has 1 aromatic carbocycles. The van der Waals surface area contributed by atoms with Gasteiger partial charge in [-0.3, -0.25) is 9.80 Å². The van der Waals surface area contributed by atoms with E-state index in [0.717, 1.165) is 83.4 Å². The zero-order chi connectivity index (χ0) is 24.1. The maximum Gasteiger partial charge on any atom is 0.573 e. The quantitative estimate of drug-likeness (QED) is 0.573. The van der Waals surface area contributed by atoms with Gasteiger partial charge in [0.05, 0.1) is 5.69 Å². The van der Waals surface area contributed by atoms with Crippen molar-refractivity contribution in [1.29, 1.82) is 0 Å². The molecule has 0 unspecified atom stereocenters. The number of halogens is 3. The fourth-order valence-corrected chi connectivity index (χ4v) is 4.78. The average molecular weight is 482 g/mol. The zero-order valence-corrected chi connectivity index (χ0v) is 19.9. The van der Waals surface area contributed by atoms with E-state index in [1.54, 1.807) is 16.8 Å². The molecule has 0 atom stereocenters. The second-order valence-electron chi connectivity index (χ2n) is 8.90. The van der Waals surface area contributed by atoms with Gasteiger partial charge in [0.2, 0.25) is 0 Å². The van der Waals surface area contributed by atoms with Gasteiger partial charge >= 0.3 is 6.36 Å². The highest BCUT2D eigenvalue weighted by Crippen LogP contribution is 2.25. The Balaban J connectivity index is 1.29. The maximum atomic E-state index is 12.4. The summed E-state index contributed by atoms with van der Waals surface area (Å²) in [5.41, 5.74) is 1.63. The fraction of sp³-hybridized carbons (Fsp3) is 0.625. The second-order valence-corrected chi connectivity index (χ2v) is 8.90. The number of alkyl halides is 3. The predicted octanol–water partition coefficient (Wildman–Crippen LogP) is 3.70. The first kappa shape index (κ1) is 24.8. The van der Waals surface area contributed by atoms with Gasteiger partial charge in [-0.15, -0.1) is 13.2 Å². The van der Waals surface area contributed by atoms with E-state index in [2.05, 4.69) is 26.4 Å². The first-order chi connectivity index (χ1) is 16.3. The molecular weight excluding hydrogens is 447 g/mol. The van der Waals surface area contributed by atoms with Crippen LogP contribution in [-0.2, 0) is 4.74 Å². The summed E-state index contributed by atoms with van der Waals surface area (Å²) in [6, 6.07) is 8.45. The van der Waals surface area contributed by atoms with Gasteiger partial charge in [0.1, 0.15) is 5.75 Å². The molecule has 188 valence electrons. The number of nitrogens with zero attached hydrogens (tertiary/aromatic N) is 5. The highest BCUT2D eigenvalue weighted by atomic mass is 19.4. The molecule has 34 heavy (non-hydrogen) atoms. The van der Waals surface area contributed by atoms with Crippen LogP contribution in [0.25, 0.3) is 5.69 Å². The molecule has 4 rings (SSSR count). The molecule has 0 saturated carbocycles. The molecular formula is C24H34F3N5O2. The number of aromatic nitrogens is 2. The minimum absolute atomic E-state index is 0.240. The van der Waals surface area contributed by atoms with Crippen LogP contribution in [0.15, 0.2) is 30.3 Å². The predicted molar refractivity (Wildman–Crippen MR) is 125 cm³/mol. The van der Waals surface area contributed by atoms with Crippen LogP contribution < -0.4 is 9.64 Å². The molecule has 7 nitrogen and oxygen atoms in total. The van der Waals surface area contributed by atoms with Crippen LogP contribution in [0.5, 0.6) is 5.75 Å². The molecule has 2 aliphatic rings. The number of ether oxygens (including phenoxy) is 2. The van der Waals surface area contributed by atoms with Gasteiger partial charge in [0.15, 0.2) is 5.82 Å². The van der Waals surface area contributed by atoms with Gasteiger partial charge in [-0.05, 0) is 50.6 Å². The lowest BCUT2D eigenvalue weighted by atomic mass is 10.1. The molecule has 10 heteroatoms. The van der Waals surface area contributed by atoms with Crippen LogP contribution in [0.1, 0.15) is 25.5 Å². The van der Waals surface area contributed by atoms with Crippen LogP contribution in [0.4, 0.5) is 19.0 Å². The number of hydrogen-bond acceptors (Lipinski definition) is 6. The molecule has 1 aromatic heterocycles. The largest absolute Gasteiger partial charge is 0.573 e. The Hall–Kier alpha value is -2.30. The smallest absolute Gasteiger partial charge is 0.406 e. The van der Waals surface area contributed by atoms with E-state index in [1.807, 2.05) is 13.0 Å². The fourth-order valence-electron chi connectivity index (χ4n) is 4.78. The molecule has 0 N–H and O–H groups in total. The SMILES string of the molecule is CCN(CCN1CCN(c2cc(C)n(-c3ccc(OC(F)(F)F)cc3)n2)CC1)C1CCOCC1. The third-order valence-electron chi connectivity index (χ3n) is 6.70. The van der Waals surface area contributed by atoms with Crippen molar-refractivity contribution in [2.24, 2.45) is 0 Å². The molecule has 0 spiro atoms. The first-order valence-electron chi connectivity index (χ1n) is 12.0. The summed E-state index contributed by atoms with van der Waals surface area (Å²) in [6.45, 7) is 12.9. The van der Waals surface area contributed by atoms with Gasteiger partial charge in [-0.25, -0.2) is 4.68 Å². The minimum atomic E-state index is -4.70. The van der Waals surface area contributed by atoms with Gasteiger partial charge in [0.25, 0.3) is 0 Å². The Morgan fingerprint density at radius 3 is 2.38 bits per heavy atom. The van der Waals surface area contributed by atoms with Crippen molar-refractivity contribution in [1.82, 2.24) is 19.6 Å². The van der Waals surface area contributed by atoms with Crippen LogP contribution in [0, 0.1) is 6.92 Å². The Morgan fingerprint density at radius 1 is 1.09 bits per heavy atom. The maximum absolute atomic E-state index is 12.4. The lowest BCUT2D eigenvalue weighted by Gasteiger charge is -2.38. The number of anilines is 1. The van der Waals surface area contributed by atoms with E-state index < -0.39 is 6.36 Å². The highest BCUT2D eigenvalue weighted by Gasteiger charge is 2.31. The van der Waals surface area contributed by atoms with Crippen molar-refractivity contribution in [3.63, 3.8) is 0 Å². The van der Waals surface area contributed by atoms with E-state index in [1.165, 1.54) is 12.1 Å². The number of aryl methyl sites for hydroxylation is 1. The second kappa shape index (κ2) is 11.0. The number of rotatable bonds is 8. The lowest BCUT2D eigenvalue weighted by molar-refractivity contribution is -0.274. The number of piperazine rings is 1. The number of hydrogen-bond donors (Lipinski definition) is 0. The van der Waals surface area contributed by atoms with Crippen LogP contribution in [-0.4, -0.2) is 91.0 Å². The van der Waals surface area contributed by atoms with E-state index >= 15 is 0 Å². The van der Waals surface area contributed by atoms with Gasteiger partial charge in [0, 0.05) is 70.3 Å². The van der Waals surface area contributed by atoms with Gasteiger partial charge in [-0.1, -0.05) is 6.92 Å². The normalized spacial score (nSPS) is 18.6. The van der Waals surface area contributed by atoms with E-state index in [0.29, 0.717) is 11.7 Å². The summed E-state index contributed by atoms with van der Waals surface area (Å²) < 4.78 is 48.4. The first-order valence-corrected chi connectivity index (χ1v) is 12.0. The minimum Gasteiger partial charge on any atom is -0.406 e. The van der Waals surface area contributed by atoms with E-state index in [9.17, 15) is 13.2 Å². The Morgan fingerprint density at radius 2 is 1.76 bits per heavy atom. The lowest BCUT2D eigenvalue weighted by Crippen LogP contribution is -2.50. The third-order valence-corrected chi connectivity index (χ3v) is 6.70. The van der Waals surface area contributed by atoms with Crippen molar-refractivity contribution in [2.45, 2.75) is 39.1 Å². The molecule has 0 radical (unpaired) electrons. The van der Waals surface area contributed by atoms with Crippen molar-refractivity contribution in [3.8, 4) is 11.4 Å². The van der Waals surface area contributed by atoms with Gasteiger partial charge in [-0.2, -0.15) is 5.10 Å². The molecule has 2 aliphatic heterocycles. The Bertz CT molecular complexity index is 904. The number of likely N-dealkylation sites (N-methyl/N-ethyl adjacent to an activating group) is 1. The van der Waals surface area contributed by atoms with Crippen molar-refractivity contribution in [3.05, 3.63) is 36.0 Å². The monoisotopic (exact) mass is 481 g/mol. The summed E-state index contributed by atoms with van der Waals surface area (Å²) in [5, 5.41) is 4.72. The topological polar surface area (TPSA) is 46.0 Å². The van der Waals surface area contributed by atoms with Gasteiger partial charge < -0.3 is 14.4 Å². The molecule has 2 fully saturated rings. The summed E-state index contributed by atoms with van der Waals surface area (Å²) in [6.07, 6.45) is -2.44. The highest BCUT2D eigenvalue weighted by molar-refractivity contribution is 5.45. The molecule has 2 saturated heterocycles. The molecule has 0 bridgehead atoms. The molecule has 0 amide bonds. The van der Waals surface area contributed by atoms with Crippen LogP contribution in [0.3, 0.4) is 0 Å². The van der Waals surface area contributed by atoms with E-state index in [4.69, 9.17) is 9.84 Å². The Labute approximate surface area is 199 Å². The van der Waals surface area contributed by atoms with Crippen molar-refractivity contribution < 1.29 is 22.6 Å². The summed E-state index contributed by atoms with van der Waals surface area (Å²) in [5.74, 6) is 0.654. The van der Waals surface area contributed by atoms with Crippen LogP contribution in [0.2, 0.25) is 0 Å². The summed E-state index contributed by atoms with van der Waals surface area (Å²) >= 11 is 0. The number of benzene rings is 1. The average Bonchev–Trinajstić information content (AvgIpc) is 3.21. The van der Waals surface area contributed by atoms with E-state index in [-0.39, 0.29) is 5.75 Å². The summed E-state index contributed by atoms with van der Waals surface area (Å²) in [4.78, 5) is 7.38. The Kier molecular flexibility index (Phi) is 8.00. The van der Waals surface area contributed by atoms with Crippen molar-refractivity contribution in [2.75, 3.05) is 63.9 Å². The third kappa shape index (κ3) is 6.43. The summed E-state index contributed by atoms with van der Waals surface area (Å²) in [7, 11) is 0. The van der Waals surface area contributed by atoms with Crippen molar-refractivity contribution >= 4 is 5.82 Å². The molecule has 0 aliphatic carbocycles. The zero-order valence-electron chi connectivity index (χ0n) is 19.9. The molecule has 3 heterocycles. The molecule has 2 aromatic rings. The standard InChI is InChI=1S/C24H34F3N5O2/c1-3-30(20-8-16-33-17-9-20)13-10-29-11-14-31(15-12-29)23-18-19(2)32(28-23)21-4-6-22(7-5-21)34-24(25,26)27/h4-7,18,20H,3,8-17H2,1-2H3.